The second-order valence-corrected chi connectivity index (χ2v) is 4.59. The average Bonchev–Trinajstić information content (AvgIpc) is 2.23. The van der Waals surface area contributed by atoms with Crippen LogP contribution in [0.5, 0.6) is 5.75 Å². The van der Waals surface area contributed by atoms with Crippen molar-refractivity contribution in [3.8, 4) is 5.75 Å². The highest BCUT2D eigenvalue weighted by molar-refractivity contribution is 5.49. The predicted molar refractivity (Wildman–Crippen MR) is 67.7 cm³/mol. The Labute approximate surface area is 97.9 Å². The molecule has 1 aromatic rings. The van der Waals surface area contributed by atoms with Gasteiger partial charge in [0, 0.05) is 0 Å². The van der Waals surface area contributed by atoms with Crippen molar-refractivity contribution in [2.45, 2.75) is 26.4 Å². The first kappa shape index (κ1) is 12.8. The monoisotopic (exact) mass is 220 g/mol. The summed E-state index contributed by atoms with van der Waals surface area (Å²) in [5.41, 5.74) is 0.959. The van der Waals surface area contributed by atoms with Gasteiger partial charge in [-0.1, -0.05) is 24.8 Å². The summed E-state index contributed by atoms with van der Waals surface area (Å²) >= 11 is 0. The molecule has 0 saturated heterocycles. The fourth-order valence-corrected chi connectivity index (χ4v) is 1.24. The summed E-state index contributed by atoms with van der Waals surface area (Å²) in [5, 5.41) is 0. The highest BCUT2D eigenvalue weighted by Crippen LogP contribution is 2.14. The zero-order chi connectivity index (χ0) is 12.0. The molecule has 0 amide bonds. The van der Waals surface area contributed by atoms with E-state index >= 15 is 0 Å². The summed E-state index contributed by atoms with van der Waals surface area (Å²) in [6.45, 7) is 11.0. The maximum Gasteiger partial charge on any atom is 0.120 e. The third-order valence-electron chi connectivity index (χ3n) is 1.98. The van der Waals surface area contributed by atoms with E-state index in [2.05, 4.69) is 6.58 Å². The Morgan fingerprint density at radius 1 is 1.25 bits per heavy atom. The number of ether oxygens (including phenoxy) is 2. The molecule has 0 radical (unpaired) electrons. The van der Waals surface area contributed by atoms with Gasteiger partial charge in [0.25, 0.3) is 0 Å². The smallest absolute Gasteiger partial charge is 0.120 e. The van der Waals surface area contributed by atoms with Gasteiger partial charge in [0.15, 0.2) is 0 Å². The molecule has 0 fully saturated rings. The Hall–Kier alpha value is -1.28. The summed E-state index contributed by atoms with van der Waals surface area (Å²) in [6.07, 6.45) is 1.80. The maximum absolute atomic E-state index is 5.57. The van der Waals surface area contributed by atoms with Gasteiger partial charge in [0.2, 0.25) is 0 Å². The lowest BCUT2D eigenvalue weighted by molar-refractivity contribution is -0.0163. The molecule has 88 valence electrons. The molecule has 0 atom stereocenters. The van der Waals surface area contributed by atoms with Crippen molar-refractivity contribution in [1.82, 2.24) is 0 Å². The largest absolute Gasteiger partial charge is 0.491 e. The average molecular weight is 220 g/mol. The number of hydrogen-bond acceptors (Lipinski definition) is 2. The highest BCUT2D eigenvalue weighted by Gasteiger charge is 2.09. The Bertz CT molecular complexity index is 337. The molecular weight excluding hydrogens is 200 g/mol. The standard InChI is InChI=1S/C14H20O2/c1-5-12-7-6-8-13(11-12)15-9-10-16-14(2,3)4/h5-8,11H,1,9-10H2,2-4H3. The third kappa shape index (κ3) is 4.99. The minimum Gasteiger partial charge on any atom is -0.491 e. The molecule has 0 aliphatic rings. The maximum atomic E-state index is 5.57. The minimum absolute atomic E-state index is 0.105. The van der Waals surface area contributed by atoms with Crippen molar-refractivity contribution in [3.63, 3.8) is 0 Å². The van der Waals surface area contributed by atoms with Crippen LogP contribution in [-0.2, 0) is 4.74 Å². The van der Waals surface area contributed by atoms with E-state index in [0.717, 1.165) is 11.3 Å². The van der Waals surface area contributed by atoms with Gasteiger partial charge in [-0.15, -0.1) is 0 Å². The van der Waals surface area contributed by atoms with Crippen LogP contribution in [0.2, 0.25) is 0 Å². The molecule has 0 bridgehead atoms. The van der Waals surface area contributed by atoms with Crippen molar-refractivity contribution in [2.75, 3.05) is 13.2 Å². The highest BCUT2D eigenvalue weighted by atomic mass is 16.5. The molecule has 0 N–H and O–H groups in total. The summed E-state index contributed by atoms with van der Waals surface area (Å²) < 4.78 is 11.1. The summed E-state index contributed by atoms with van der Waals surface area (Å²) in [4.78, 5) is 0. The van der Waals surface area contributed by atoms with E-state index in [1.54, 1.807) is 6.08 Å². The van der Waals surface area contributed by atoms with E-state index in [-0.39, 0.29) is 5.60 Å². The summed E-state index contributed by atoms with van der Waals surface area (Å²) in [6, 6.07) is 7.84. The predicted octanol–water partition coefficient (Wildman–Crippen LogP) is 3.52. The molecule has 1 aromatic carbocycles. The lowest BCUT2D eigenvalue weighted by Gasteiger charge is -2.19. The van der Waals surface area contributed by atoms with Crippen LogP contribution in [-0.4, -0.2) is 18.8 Å². The number of hydrogen-bond donors (Lipinski definition) is 0. The number of rotatable bonds is 5. The summed E-state index contributed by atoms with van der Waals surface area (Å²) in [7, 11) is 0. The van der Waals surface area contributed by atoms with E-state index in [1.807, 2.05) is 45.0 Å². The first-order chi connectivity index (χ1) is 7.51. The van der Waals surface area contributed by atoms with Gasteiger partial charge in [-0.3, -0.25) is 0 Å². The SMILES string of the molecule is C=Cc1cccc(OCCOC(C)(C)C)c1. The van der Waals surface area contributed by atoms with Gasteiger partial charge in [0.1, 0.15) is 12.4 Å². The van der Waals surface area contributed by atoms with Crippen LogP contribution < -0.4 is 4.74 Å². The third-order valence-corrected chi connectivity index (χ3v) is 1.98. The van der Waals surface area contributed by atoms with Gasteiger partial charge in [-0.05, 0) is 38.5 Å². The van der Waals surface area contributed by atoms with Crippen molar-refractivity contribution in [3.05, 3.63) is 36.4 Å². The van der Waals surface area contributed by atoms with Gasteiger partial charge in [-0.2, -0.15) is 0 Å². The number of benzene rings is 1. The van der Waals surface area contributed by atoms with Crippen LogP contribution in [0.15, 0.2) is 30.8 Å². The molecule has 1 rings (SSSR count). The Kier molecular flexibility index (Phi) is 4.56. The quantitative estimate of drug-likeness (QED) is 0.707. The molecule has 16 heavy (non-hydrogen) atoms. The Morgan fingerprint density at radius 3 is 2.62 bits per heavy atom. The second-order valence-electron chi connectivity index (χ2n) is 4.59. The van der Waals surface area contributed by atoms with E-state index in [0.29, 0.717) is 13.2 Å². The normalized spacial score (nSPS) is 11.2. The molecule has 2 heteroatoms. The van der Waals surface area contributed by atoms with Crippen LogP contribution in [0.1, 0.15) is 26.3 Å². The van der Waals surface area contributed by atoms with Gasteiger partial charge in [0.05, 0.1) is 12.2 Å². The van der Waals surface area contributed by atoms with Crippen molar-refractivity contribution in [1.29, 1.82) is 0 Å². The van der Waals surface area contributed by atoms with Gasteiger partial charge >= 0.3 is 0 Å². The van der Waals surface area contributed by atoms with Gasteiger partial charge < -0.3 is 9.47 Å². The van der Waals surface area contributed by atoms with E-state index < -0.39 is 0 Å². The fourth-order valence-electron chi connectivity index (χ4n) is 1.24. The second kappa shape index (κ2) is 5.71. The fraction of sp³-hybridized carbons (Fsp3) is 0.429. The molecule has 0 saturated carbocycles. The zero-order valence-corrected chi connectivity index (χ0v) is 10.3. The molecular formula is C14H20O2. The lowest BCUT2D eigenvalue weighted by Crippen LogP contribution is -2.22. The van der Waals surface area contributed by atoms with Crippen LogP contribution in [0.3, 0.4) is 0 Å². The summed E-state index contributed by atoms with van der Waals surface area (Å²) in [5.74, 6) is 0.856. The molecule has 0 spiro atoms. The topological polar surface area (TPSA) is 18.5 Å². The van der Waals surface area contributed by atoms with Crippen molar-refractivity contribution < 1.29 is 9.47 Å². The first-order valence-electron chi connectivity index (χ1n) is 5.50. The molecule has 0 heterocycles. The van der Waals surface area contributed by atoms with E-state index in [4.69, 9.17) is 9.47 Å². The van der Waals surface area contributed by atoms with Crippen LogP contribution in [0.4, 0.5) is 0 Å². The molecule has 0 aliphatic heterocycles. The Morgan fingerprint density at radius 2 is 2.00 bits per heavy atom. The Balaban J connectivity index is 2.34. The van der Waals surface area contributed by atoms with Crippen molar-refractivity contribution in [2.24, 2.45) is 0 Å². The molecule has 2 nitrogen and oxygen atoms in total. The molecule has 0 aromatic heterocycles. The van der Waals surface area contributed by atoms with Gasteiger partial charge in [-0.25, -0.2) is 0 Å². The van der Waals surface area contributed by atoms with Crippen molar-refractivity contribution >= 4 is 6.08 Å². The minimum atomic E-state index is -0.105. The van der Waals surface area contributed by atoms with Crippen LogP contribution in [0, 0.1) is 0 Å². The molecule has 0 unspecified atom stereocenters. The van der Waals surface area contributed by atoms with Crippen LogP contribution in [0.25, 0.3) is 6.08 Å². The lowest BCUT2D eigenvalue weighted by atomic mass is 10.2. The molecule has 0 aliphatic carbocycles. The first-order valence-corrected chi connectivity index (χ1v) is 5.50. The van der Waals surface area contributed by atoms with E-state index in [9.17, 15) is 0 Å². The van der Waals surface area contributed by atoms with Crippen LogP contribution >= 0.6 is 0 Å². The van der Waals surface area contributed by atoms with E-state index in [1.165, 1.54) is 0 Å². The zero-order valence-electron chi connectivity index (χ0n) is 10.3.